The van der Waals surface area contributed by atoms with Gasteiger partial charge in [-0.05, 0) is 37.7 Å². The summed E-state index contributed by atoms with van der Waals surface area (Å²) in [6.07, 6.45) is 0.886. The molecule has 1 N–H and O–H groups in total. The second kappa shape index (κ2) is 5.63. The Morgan fingerprint density at radius 1 is 1.11 bits per heavy atom. The number of likely N-dealkylation sites (N-methyl/N-ethyl adjacent to an activating group) is 1. The van der Waals surface area contributed by atoms with Gasteiger partial charge in [-0.25, -0.2) is 8.78 Å². The zero-order chi connectivity index (χ0) is 13.1. The highest BCUT2D eigenvalue weighted by atomic mass is 19.1. The molecule has 0 bridgehead atoms. The number of benzene rings is 1. The highest BCUT2D eigenvalue weighted by Crippen LogP contribution is 2.26. The SMILES string of the molecule is CN1CCCN(c2c(F)cc(CO)cc2F)CC1. The van der Waals surface area contributed by atoms with E-state index < -0.39 is 11.6 Å². The molecule has 2 rings (SSSR count). The average Bonchev–Trinajstić information content (AvgIpc) is 2.53. The lowest BCUT2D eigenvalue weighted by Crippen LogP contribution is -2.30. The quantitative estimate of drug-likeness (QED) is 0.870. The predicted octanol–water partition coefficient (Wildman–Crippen LogP) is 1.60. The van der Waals surface area contributed by atoms with Gasteiger partial charge < -0.3 is 14.9 Å². The number of anilines is 1. The van der Waals surface area contributed by atoms with E-state index in [9.17, 15) is 8.78 Å². The molecule has 1 saturated heterocycles. The molecule has 1 heterocycles. The smallest absolute Gasteiger partial charge is 0.149 e. The Morgan fingerprint density at radius 2 is 1.78 bits per heavy atom. The summed E-state index contributed by atoms with van der Waals surface area (Å²) in [5.74, 6) is -1.19. The minimum atomic E-state index is -0.594. The zero-order valence-electron chi connectivity index (χ0n) is 10.5. The van der Waals surface area contributed by atoms with Crippen LogP contribution in [-0.4, -0.2) is 43.2 Å². The first-order valence-electron chi connectivity index (χ1n) is 6.14. The van der Waals surface area contributed by atoms with Gasteiger partial charge in [-0.15, -0.1) is 0 Å². The van der Waals surface area contributed by atoms with Crippen LogP contribution in [0.2, 0.25) is 0 Å². The molecule has 0 atom stereocenters. The van der Waals surface area contributed by atoms with Crippen LogP contribution in [-0.2, 0) is 6.61 Å². The summed E-state index contributed by atoms with van der Waals surface area (Å²) < 4.78 is 27.8. The van der Waals surface area contributed by atoms with Gasteiger partial charge in [0.1, 0.15) is 17.3 Å². The van der Waals surface area contributed by atoms with Gasteiger partial charge in [0.25, 0.3) is 0 Å². The number of rotatable bonds is 2. The van der Waals surface area contributed by atoms with Crippen molar-refractivity contribution in [1.29, 1.82) is 0 Å². The van der Waals surface area contributed by atoms with E-state index in [1.54, 1.807) is 4.90 Å². The van der Waals surface area contributed by atoms with Crippen molar-refractivity contribution in [2.24, 2.45) is 0 Å². The van der Waals surface area contributed by atoms with Gasteiger partial charge in [0, 0.05) is 19.6 Å². The van der Waals surface area contributed by atoms with Gasteiger partial charge in [0.15, 0.2) is 0 Å². The molecule has 0 amide bonds. The number of hydrogen-bond donors (Lipinski definition) is 1. The lowest BCUT2D eigenvalue weighted by Gasteiger charge is -2.24. The van der Waals surface area contributed by atoms with Crippen LogP contribution >= 0.6 is 0 Å². The summed E-state index contributed by atoms with van der Waals surface area (Å²) in [6.45, 7) is 2.64. The predicted molar refractivity (Wildman–Crippen MR) is 66.6 cm³/mol. The minimum absolute atomic E-state index is 0.0301. The van der Waals surface area contributed by atoms with Crippen molar-refractivity contribution in [2.45, 2.75) is 13.0 Å². The summed E-state index contributed by atoms with van der Waals surface area (Å²) in [5, 5.41) is 8.91. The highest BCUT2D eigenvalue weighted by Gasteiger charge is 2.20. The maximum absolute atomic E-state index is 13.9. The van der Waals surface area contributed by atoms with Crippen LogP contribution < -0.4 is 4.90 Å². The van der Waals surface area contributed by atoms with E-state index in [2.05, 4.69) is 4.90 Å². The van der Waals surface area contributed by atoms with Gasteiger partial charge in [-0.2, -0.15) is 0 Å². The molecule has 0 unspecified atom stereocenters. The molecule has 18 heavy (non-hydrogen) atoms. The van der Waals surface area contributed by atoms with Crippen LogP contribution in [0.3, 0.4) is 0 Å². The lowest BCUT2D eigenvalue weighted by atomic mass is 10.1. The van der Waals surface area contributed by atoms with Crippen LogP contribution in [0.5, 0.6) is 0 Å². The summed E-state index contributed by atoms with van der Waals surface area (Å²) in [5.41, 5.74) is 0.295. The Morgan fingerprint density at radius 3 is 2.39 bits per heavy atom. The number of aliphatic hydroxyl groups is 1. The van der Waals surface area contributed by atoms with Crippen LogP contribution in [0.1, 0.15) is 12.0 Å². The van der Waals surface area contributed by atoms with E-state index in [-0.39, 0.29) is 17.9 Å². The molecule has 1 aromatic rings. The molecule has 1 aliphatic heterocycles. The maximum Gasteiger partial charge on any atom is 0.149 e. The molecule has 1 fully saturated rings. The summed E-state index contributed by atoms with van der Waals surface area (Å²) in [4.78, 5) is 3.90. The third kappa shape index (κ3) is 2.79. The van der Waals surface area contributed by atoms with Crippen LogP contribution in [0.25, 0.3) is 0 Å². The van der Waals surface area contributed by atoms with Crippen molar-refractivity contribution in [2.75, 3.05) is 38.1 Å². The second-order valence-corrected chi connectivity index (χ2v) is 4.71. The average molecular weight is 256 g/mol. The van der Waals surface area contributed by atoms with Gasteiger partial charge in [-0.1, -0.05) is 0 Å². The van der Waals surface area contributed by atoms with Crippen molar-refractivity contribution >= 4 is 5.69 Å². The third-order valence-electron chi connectivity index (χ3n) is 3.29. The number of nitrogens with zero attached hydrogens (tertiary/aromatic N) is 2. The van der Waals surface area contributed by atoms with Crippen LogP contribution in [0.15, 0.2) is 12.1 Å². The molecule has 0 radical (unpaired) electrons. The van der Waals surface area contributed by atoms with E-state index >= 15 is 0 Å². The summed E-state index contributed by atoms with van der Waals surface area (Å²) >= 11 is 0. The van der Waals surface area contributed by atoms with Crippen molar-refractivity contribution in [1.82, 2.24) is 4.90 Å². The second-order valence-electron chi connectivity index (χ2n) is 4.71. The van der Waals surface area contributed by atoms with E-state index in [0.717, 1.165) is 19.5 Å². The van der Waals surface area contributed by atoms with E-state index in [1.165, 1.54) is 12.1 Å². The normalized spacial score (nSPS) is 17.9. The van der Waals surface area contributed by atoms with Crippen molar-refractivity contribution in [3.8, 4) is 0 Å². The molecular weight excluding hydrogens is 238 g/mol. The summed E-state index contributed by atoms with van der Waals surface area (Å²) in [6, 6.07) is 2.40. The topological polar surface area (TPSA) is 26.7 Å². The Labute approximate surface area is 106 Å². The number of halogens is 2. The Hall–Kier alpha value is -1.20. The molecule has 5 heteroatoms. The largest absolute Gasteiger partial charge is 0.392 e. The minimum Gasteiger partial charge on any atom is -0.392 e. The highest BCUT2D eigenvalue weighted by molar-refractivity contribution is 5.50. The van der Waals surface area contributed by atoms with E-state index in [0.29, 0.717) is 13.1 Å². The van der Waals surface area contributed by atoms with Gasteiger partial charge in [-0.3, -0.25) is 0 Å². The van der Waals surface area contributed by atoms with Crippen LogP contribution in [0, 0.1) is 11.6 Å². The van der Waals surface area contributed by atoms with Gasteiger partial charge >= 0.3 is 0 Å². The van der Waals surface area contributed by atoms with Gasteiger partial charge in [0.2, 0.25) is 0 Å². The molecule has 0 aromatic heterocycles. The standard InChI is InChI=1S/C13H18F2N2O/c1-16-3-2-4-17(6-5-16)13-11(14)7-10(9-18)8-12(13)15/h7-8,18H,2-6,9H2,1H3. The Balaban J connectivity index is 2.27. The molecule has 1 aliphatic rings. The fraction of sp³-hybridized carbons (Fsp3) is 0.538. The molecular formula is C13H18F2N2O. The monoisotopic (exact) mass is 256 g/mol. The van der Waals surface area contributed by atoms with Crippen LogP contribution in [0.4, 0.5) is 14.5 Å². The third-order valence-corrected chi connectivity index (χ3v) is 3.29. The Kier molecular flexibility index (Phi) is 4.14. The van der Waals surface area contributed by atoms with E-state index in [4.69, 9.17) is 5.11 Å². The molecule has 0 aliphatic carbocycles. The van der Waals surface area contributed by atoms with Gasteiger partial charge in [0.05, 0.1) is 6.61 Å². The molecule has 0 spiro atoms. The number of aliphatic hydroxyl groups excluding tert-OH is 1. The fourth-order valence-electron chi connectivity index (χ4n) is 2.28. The maximum atomic E-state index is 13.9. The first kappa shape index (κ1) is 13.2. The molecule has 3 nitrogen and oxygen atoms in total. The van der Waals surface area contributed by atoms with Crippen molar-refractivity contribution in [3.63, 3.8) is 0 Å². The summed E-state index contributed by atoms with van der Waals surface area (Å²) in [7, 11) is 2.01. The molecule has 1 aromatic carbocycles. The lowest BCUT2D eigenvalue weighted by molar-refractivity contribution is 0.280. The molecule has 0 saturated carbocycles. The zero-order valence-corrected chi connectivity index (χ0v) is 10.5. The molecule has 100 valence electrons. The first-order chi connectivity index (χ1) is 8.61. The number of hydrogen-bond acceptors (Lipinski definition) is 3. The fourth-order valence-corrected chi connectivity index (χ4v) is 2.28. The van der Waals surface area contributed by atoms with E-state index in [1.807, 2.05) is 7.05 Å². The van der Waals surface area contributed by atoms with Crippen molar-refractivity contribution < 1.29 is 13.9 Å². The van der Waals surface area contributed by atoms with Crippen molar-refractivity contribution in [3.05, 3.63) is 29.3 Å². The Bertz CT molecular complexity index is 402. The first-order valence-corrected chi connectivity index (χ1v) is 6.14.